The number of carbonyl (C=O) groups excluding carboxylic acids is 1. The Balaban J connectivity index is 1.37. The number of piperazine rings is 1. The van der Waals surface area contributed by atoms with Crippen molar-refractivity contribution >= 4 is 28.7 Å². The summed E-state index contributed by atoms with van der Waals surface area (Å²) in [4.78, 5) is 36.7. The monoisotopic (exact) mass is 531 g/mol. The van der Waals surface area contributed by atoms with Gasteiger partial charge in [-0.3, -0.25) is 9.69 Å². The molecule has 1 N–H and O–H groups in total. The van der Waals surface area contributed by atoms with Crippen LogP contribution in [0.1, 0.15) is 35.9 Å². The molecular weight excluding hydrogens is 497 g/mol. The fourth-order valence-electron chi connectivity index (χ4n) is 4.77. The summed E-state index contributed by atoms with van der Waals surface area (Å²) in [5.74, 6) is 0.0792. The first-order valence-electron chi connectivity index (χ1n) is 13.1. The average molecular weight is 532 g/mol. The maximum Gasteiger partial charge on any atom is 0.270 e. The van der Waals surface area contributed by atoms with Crippen molar-refractivity contribution in [3.8, 4) is 11.4 Å². The molecule has 0 aromatic carbocycles. The number of hydrogen-bond acceptors (Lipinski definition) is 8. The molecule has 10 nitrogen and oxygen atoms in total. The number of pyridine rings is 2. The number of fused-ring (bicyclic) bond motifs is 1. The van der Waals surface area contributed by atoms with Gasteiger partial charge in [0.05, 0.1) is 22.9 Å². The van der Waals surface area contributed by atoms with E-state index in [-0.39, 0.29) is 23.6 Å². The Morgan fingerprint density at radius 3 is 2.49 bits per heavy atom. The first-order valence-corrected chi connectivity index (χ1v) is 13.1. The Labute approximate surface area is 227 Å². The van der Waals surface area contributed by atoms with Gasteiger partial charge in [0.15, 0.2) is 5.82 Å². The highest BCUT2D eigenvalue weighted by Gasteiger charge is 2.21. The molecule has 1 aliphatic rings. The Hall–Kier alpha value is -3.96. The van der Waals surface area contributed by atoms with Crippen LogP contribution < -0.4 is 5.32 Å². The molecule has 0 radical (unpaired) electrons. The summed E-state index contributed by atoms with van der Waals surface area (Å²) in [5.41, 5.74) is 3.47. The van der Waals surface area contributed by atoms with E-state index >= 15 is 0 Å². The average Bonchev–Trinajstić information content (AvgIpc) is 3.30. The topological polar surface area (TPSA) is 95.3 Å². The SMILES string of the molecule is CC(C)n1c(C(=O)N(C)C)cc2nc(-c3nc(Nc4ccc(CN5CCN(C)CC5)cn4)ncc3F)ccc21. The molecule has 0 aliphatic carbocycles. The van der Waals surface area contributed by atoms with Crippen LogP contribution in [-0.4, -0.2) is 92.4 Å². The number of nitrogens with zero attached hydrogens (tertiary/aromatic N) is 8. The summed E-state index contributed by atoms with van der Waals surface area (Å²) in [7, 11) is 5.57. The predicted molar refractivity (Wildman–Crippen MR) is 149 cm³/mol. The van der Waals surface area contributed by atoms with E-state index in [4.69, 9.17) is 0 Å². The second-order valence-electron chi connectivity index (χ2n) is 10.4. The Morgan fingerprint density at radius 1 is 1.05 bits per heavy atom. The van der Waals surface area contributed by atoms with E-state index in [0.717, 1.165) is 50.0 Å². The molecule has 1 aliphatic heterocycles. The van der Waals surface area contributed by atoms with Crippen molar-refractivity contribution in [2.75, 3.05) is 52.6 Å². The molecule has 11 heteroatoms. The fourth-order valence-corrected chi connectivity index (χ4v) is 4.77. The molecule has 204 valence electrons. The summed E-state index contributed by atoms with van der Waals surface area (Å²) in [5, 5.41) is 3.07. The molecule has 0 unspecified atom stereocenters. The van der Waals surface area contributed by atoms with Crippen molar-refractivity contribution in [2.24, 2.45) is 0 Å². The quantitative estimate of drug-likeness (QED) is 0.385. The number of hydrogen-bond donors (Lipinski definition) is 1. The van der Waals surface area contributed by atoms with Gasteiger partial charge in [-0.25, -0.2) is 24.3 Å². The van der Waals surface area contributed by atoms with Crippen LogP contribution >= 0.6 is 0 Å². The summed E-state index contributed by atoms with van der Waals surface area (Å²) >= 11 is 0. The standard InChI is InChI=1S/C28H34FN9O/c1-18(2)38-23-8-7-21(32-22(23)14-24(38)27(39)35(3)4)26-20(29)16-31-28(34-26)33-25-9-6-19(15-30-25)17-37-12-10-36(5)11-13-37/h6-9,14-16,18H,10-13,17H2,1-5H3,(H,30,31,33,34). The normalized spacial score (nSPS) is 14.7. The molecular formula is C28H34FN9O. The molecule has 5 rings (SSSR count). The van der Waals surface area contributed by atoms with E-state index in [1.165, 1.54) is 4.90 Å². The van der Waals surface area contributed by atoms with Crippen molar-refractivity contribution in [1.82, 2.24) is 39.2 Å². The van der Waals surface area contributed by atoms with E-state index in [1.807, 2.05) is 42.8 Å². The number of amides is 1. The van der Waals surface area contributed by atoms with Crippen LogP contribution in [0.3, 0.4) is 0 Å². The fraction of sp³-hybridized carbons (Fsp3) is 0.393. The molecule has 39 heavy (non-hydrogen) atoms. The highest BCUT2D eigenvalue weighted by molar-refractivity contribution is 5.98. The number of likely N-dealkylation sites (N-methyl/N-ethyl adjacent to an activating group) is 1. The van der Waals surface area contributed by atoms with Gasteiger partial charge in [-0.05, 0) is 50.7 Å². The second kappa shape index (κ2) is 11.0. The van der Waals surface area contributed by atoms with Crippen LogP contribution in [0.15, 0.2) is 42.7 Å². The number of anilines is 2. The van der Waals surface area contributed by atoms with Gasteiger partial charge in [-0.1, -0.05) is 6.07 Å². The number of nitrogens with one attached hydrogen (secondary N) is 1. The zero-order valence-electron chi connectivity index (χ0n) is 23.0. The minimum atomic E-state index is -0.587. The molecule has 0 bridgehead atoms. The molecule has 1 fully saturated rings. The maximum atomic E-state index is 14.9. The molecule has 0 saturated carbocycles. The molecule has 0 spiro atoms. The van der Waals surface area contributed by atoms with E-state index in [9.17, 15) is 9.18 Å². The van der Waals surface area contributed by atoms with Crippen LogP contribution in [0.4, 0.5) is 16.2 Å². The highest BCUT2D eigenvalue weighted by Crippen LogP contribution is 2.28. The zero-order valence-corrected chi connectivity index (χ0v) is 23.0. The van der Waals surface area contributed by atoms with Crippen molar-refractivity contribution in [2.45, 2.75) is 26.4 Å². The number of rotatable bonds is 7. The van der Waals surface area contributed by atoms with Gasteiger partial charge in [0.25, 0.3) is 5.91 Å². The van der Waals surface area contributed by atoms with Gasteiger partial charge < -0.3 is 19.7 Å². The zero-order chi connectivity index (χ0) is 27.7. The van der Waals surface area contributed by atoms with Gasteiger partial charge >= 0.3 is 0 Å². The van der Waals surface area contributed by atoms with Crippen LogP contribution in [0.2, 0.25) is 0 Å². The lowest BCUT2D eigenvalue weighted by atomic mass is 10.2. The summed E-state index contributed by atoms with van der Waals surface area (Å²) in [6.45, 7) is 9.09. The molecule has 0 atom stereocenters. The summed E-state index contributed by atoms with van der Waals surface area (Å²) in [6, 6.07) is 9.25. The van der Waals surface area contributed by atoms with Crippen molar-refractivity contribution < 1.29 is 9.18 Å². The third kappa shape index (κ3) is 5.74. The third-order valence-corrected chi connectivity index (χ3v) is 6.89. The first kappa shape index (κ1) is 26.6. The second-order valence-corrected chi connectivity index (χ2v) is 10.4. The van der Waals surface area contributed by atoms with Gasteiger partial charge in [0.1, 0.15) is 17.2 Å². The number of halogens is 1. The number of aromatic nitrogens is 5. The maximum absolute atomic E-state index is 14.9. The van der Waals surface area contributed by atoms with E-state index < -0.39 is 5.82 Å². The van der Waals surface area contributed by atoms with Crippen molar-refractivity contribution in [1.29, 1.82) is 0 Å². The lowest BCUT2D eigenvalue weighted by Crippen LogP contribution is -2.43. The first-order chi connectivity index (χ1) is 18.7. The number of carbonyl (C=O) groups is 1. The van der Waals surface area contributed by atoms with Gasteiger partial charge in [-0.15, -0.1) is 0 Å². The van der Waals surface area contributed by atoms with E-state index in [2.05, 4.69) is 42.1 Å². The molecule has 4 aromatic rings. The van der Waals surface area contributed by atoms with Gasteiger partial charge in [-0.2, -0.15) is 0 Å². The minimum Gasteiger partial charge on any atom is -0.343 e. The van der Waals surface area contributed by atoms with E-state index in [0.29, 0.717) is 22.7 Å². The van der Waals surface area contributed by atoms with Crippen molar-refractivity contribution in [3.63, 3.8) is 0 Å². The van der Waals surface area contributed by atoms with Crippen molar-refractivity contribution in [3.05, 3.63) is 59.8 Å². The van der Waals surface area contributed by atoms with Crippen LogP contribution in [0, 0.1) is 5.82 Å². The van der Waals surface area contributed by atoms with Crippen LogP contribution in [0.25, 0.3) is 22.4 Å². The summed E-state index contributed by atoms with van der Waals surface area (Å²) < 4.78 is 16.8. The third-order valence-electron chi connectivity index (χ3n) is 6.89. The van der Waals surface area contributed by atoms with Gasteiger partial charge in [0, 0.05) is 59.1 Å². The Bertz CT molecular complexity index is 1470. The molecule has 5 heterocycles. The summed E-state index contributed by atoms with van der Waals surface area (Å²) in [6.07, 6.45) is 2.96. The molecule has 1 amide bonds. The molecule has 4 aromatic heterocycles. The predicted octanol–water partition coefficient (Wildman–Crippen LogP) is 3.80. The largest absolute Gasteiger partial charge is 0.343 e. The Morgan fingerprint density at radius 2 is 1.82 bits per heavy atom. The van der Waals surface area contributed by atoms with Crippen LogP contribution in [0.5, 0.6) is 0 Å². The molecule has 1 saturated heterocycles. The lowest BCUT2D eigenvalue weighted by molar-refractivity contribution is 0.0816. The minimum absolute atomic E-state index is 0.0427. The Kier molecular flexibility index (Phi) is 7.53. The lowest BCUT2D eigenvalue weighted by Gasteiger charge is -2.32. The van der Waals surface area contributed by atoms with Gasteiger partial charge in [0.2, 0.25) is 5.95 Å². The van der Waals surface area contributed by atoms with Crippen LogP contribution in [-0.2, 0) is 6.54 Å². The smallest absolute Gasteiger partial charge is 0.270 e. The van der Waals surface area contributed by atoms with E-state index in [1.54, 1.807) is 26.2 Å². The highest BCUT2D eigenvalue weighted by atomic mass is 19.1.